The fourth-order valence-corrected chi connectivity index (χ4v) is 4.18. The van der Waals surface area contributed by atoms with E-state index >= 15 is 0 Å². The van der Waals surface area contributed by atoms with Crippen LogP contribution in [0.4, 0.5) is 0 Å². The van der Waals surface area contributed by atoms with Crippen LogP contribution in [0.5, 0.6) is 0 Å². The van der Waals surface area contributed by atoms with Gasteiger partial charge in [0, 0.05) is 12.2 Å². The highest BCUT2D eigenvalue weighted by atomic mass is 16.5. The quantitative estimate of drug-likeness (QED) is 0.487. The minimum atomic E-state index is -1.36. The second-order valence-corrected chi connectivity index (χ2v) is 6.68. The Balaban J connectivity index is 2.26. The molecule has 0 aliphatic carbocycles. The average Bonchev–Trinajstić information content (AvgIpc) is 3.01. The Morgan fingerprint density at radius 3 is 2.48 bits per heavy atom. The molecule has 25 heavy (non-hydrogen) atoms. The Morgan fingerprint density at radius 1 is 1.28 bits per heavy atom. The van der Waals surface area contributed by atoms with Crippen LogP contribution in [0.1, 0.15) is 42.5 Å². The van der Waals surface area contributed by atoms with Gasteiger partial charge in [0.05, 0.1) is 42.3 Å². The van der Waals surface area contributed by atoms with E-state index < -0.39 is 42.7 Å². The maximum Gasteiger partial charge on any atom is 0.313 e. The van der Waals surface area contributed by atoms with Crippen molar-refractivity contribution in [1.82, 2.24) is 4.57 Å². The molecule has 3 rings (SSSR count). The molecule has 0 fully saturated rings. The number of rotatable bonds is 5. The maximum absolute atomic E-state index is 12.9. The molecule has 2 aliphatic rings. The number of hydrogen-bond acceptors (Lipinski definition) is 7. The topological polar surface area (TPSA) is 129 Å². The number of cyclic esters (lactones) is 1. The summed E-state index contributed by atoms with van der Waals surface area (Å²) in [5, 5.41) is 39.7. The first kappa shape index (κ1) is 18.1. The van der Waals surface area contributed by atoms with Gasteiger partial charge in [0.1, 0.15) is 6.61 Å². The van der Waals surface area contributed by atoms with Gasteiger partial charge in [-0.3, -0.25) is 9.59 Å². The highest BCUT2D eigenvalue weighted by Gasteiger charge is 2.51. The highest BCUT2D eigenvalue weighted by Crippen LogP contribution is 2.42. The van der Waals surface area contributed by atoms with E-state index in [0.29, 0.717) is 23.2 Å². The summed E-state index contributed by atoms with van der Waals surface area (Å²) >= 11 is 0. The lowest BCUT2D eigenvalue weighted by molar-refractivity contribution is -0.148. The molecule has 3 heterocycles. The molecule has 0 radical (unpaired) electrons. The van der Waals surface area contributed by atoms with Crippen molar-refractivity contribution in [3.05, 3.63) is 33.2 Å². The number of nitrogens with zero attached hydrogens (tertiary/aromatic N) is 1. The predicted octanol–water partition coefficient (Wildman–Crippen LogP) is -1.25. The van der Waals surface area contributed by atoms with E-state index in [4.69, 9.17) is 4.74 Å². The van der Waals surface area contributed by atoms with Gasteiger partial charge >= 0.3 is 5.97 Å². The molecule has 0 spiro atoms. The van der Waals surface area contributed by atoms with Gasteiger partial charge in [0.15, 0.2) is 0 Å². The molecule has 8 nitrogen and oxygen atoms in total. The Labute approximate surface area is 144 Å². The van der Waals surface area contributed by atoms with E-state index in [2.05, 4.69) is 0 Å². The third-order valence-electron chi connectivity index (χ3n) is 5.62. The minimum absolute atomic E-state index is 0.0954. The Morgan fingerprint density at radius 2 is 1.92 bits per heavy atom. The number of ether oxygens (including phenoxy) is 1. The van der Waals surface area contributed by atoms with Gasteiger partial charge in [-0.2, -0.15) is 0 Å². The van der Waals surface area contributed by atoms with Crippen molar-refractivity contribution in [2.45, 2.75) is 56.5 Å². The van der Waals surface area contributed by atoms with E-state index in [1.165, 1.54) is 4.57 Å². The zero-order valence-corrected chi connectivity index (χ0v) is 14.0. The van der Waals surface area contributed by atoms with Crippen LogP contribution in [0.25, 0.3) is 0 Å². The molecule has 3 atom stereocenters. The molecule has 1 aromatic rings. The number of hydrogen-bond donors (Lipinski definition) is 4. The Hall–Kier alpha value is -1.74. The van der Waals surface area contributed by atoms with Crippen molar-refractivity contribution in [2.75, 3.05) is 13.2 Å². The number of carbonyl (C=O) groups excluding carboxylic acids is 1. The number of aliphatic hydroxyl groups excluding tert-OH is 4. The summed E-state index contributed by atoms with van der Waals surface area (Å²) in [6.07, 6.45) is -2.06. The van der Waals surface area contributed by atoms with Crippen LogP contribution in [0, 0.1) is 0 Å². The van der Waals surface area contributed by atoms with Crippen molar-refractivity contribution in [2.24, 2.45) is 0 Å². The molecule has 2 aliphatic heterocycles. The van der Waals surface area contributed by atoms with Gasteiger partial charge in [-0.05, 0) is 24.5 Å². The van der Waals surface area contributed by atoms with Crippen molar-refractivity contribution >= 4 is 5.97 Å². The molecule has 0 saturated carbocycles. The first-order valence-corrected chi connectivity index (χ1v) is 8.43. The van der Waals surface area contributed by atoms with Crippen LogP contribution < -0.4 is 5.56 Å². The van der Waals surface area contributed by atoms with E-state index in [-0.39, 0.29) is 25.1 Å². The average molecular weight is 353 g/mol. The number of esters is 1. The van der Waals surface area contributed by atoms with Gasteiger partial charge in [-0.15, -0.1) is 0 Å². The molecule has 3 unspecified atom stereocenters. The van der Waals surface area contributed by atoms with Gasteiger partial charge < -0.3 is 29.7 Å². The lowest BCUT2D eigenvalue weighted by atomic mass is 9.72. The zero-order chi connectivity index (χ0) is 18.4. The summed E-state index contributed by atoms with van der Waals surface area (Å²) in [4.78, 5) is 24.9. The molecular weight excluding hydrogens is 330 g/mol. The van der Waals surface area contributed by atoms with Gasteiger partial charge in [-0.25, -0.2) is 0 Å². The smallest absolute Gasteiger partial charge is 0.313 e. The molecule has 1 aromatic heterocycles. The van der Waals surface area contributed by atoms with Crippen LogP contribution in [-0.4, -0.2) is 56.4 Å². The third kappa shape index (κ3) is 2.43. The van der Waals surface area contributed by atoms with E-state index in [9.17, 15) is 30.0 Å². The Bertz CT molecular complexity index is 731. The largest absolute Gasteiger partial charge is 0.460 e. The van der Waals surface area contributed by atoms with Gasteiger partial charge in [0.2, 0.25) is 0 Å². The van der Waals surface area contributed by atoms with Gasteiger partial charge in [0.25, 0.3) is 5.56 Å². The molecular formula is C17H23NO7. The summed E-state index contributed by atoms with van der Waals surface area (Å²) in [7, 11) is 0. The fraction of sp³-hybridized carbons (Fsp3) is 0.647. The second kappa shape index (κ2) is 6.53. The summed E-state index contributed by atoms with van der Waals surface area (Å²) in [6, 6.07) is 1.65. The number of aromatic nitrogens is 1. The monoisotopic (exact) mass is 353 g/mol. The van der Waals surface area contributed by atoms with Crippen molar-refractivity contribution in [1.29, 1.82) is 0 Å². The SMILES string of the molecule is CCC1C(=O)OCc2c1cc1n(c2=O)CCC1(C(O)CO)C(O)CO. The number of fused-ring (bicyclic) bond motifs is 2. The van der Waals surface area contributed by atoms with Crippen LogP contribution in [0.2, 0.25) is 0 Å². The van der Waals surface area contributed by atoms with Crippen LogP contribution in [0.15, 0.2) is 10.9 Å². The highest BCUT2D eigenvalue weighted by molar-refractivity contribution is 5.80. The standard InChI is InChI=1S/C17H23NO7/c1-2-9-10-5-12-17(13(21)6-19,14(22)7-20)3-4-18(12)15(23)11(10)8-25-16(9)24/h5,9,13-14,19-22H,2-4,6-8H2,1H3. The molecule has 138 valence electrons. The van der Waals surface area contributed by atoms with Crippen molar-refractivity contribution in [3.63, 3.8) is 0 Å². The molecule has 8 heteroatoms. The summed E-state index contributed by atoms with van der Waals surface area (Å²) in [6.45, 7) is 0.704. The van der Waals surface area contributed by atoms with E-state index in [0.717, 1.165) is 0 Å². The summed E-state index contributed by atoms with van der Waals surface area (Å²) < 4.78 is 6.54. The third-order valence-corrected chi connectivity index (χ3v) is 5.62. The second-order valence-electron chi connectivity index (χ2n) is 6.68. The summed E-state index contributed by atoms with van der Waals surface area (Å²) in [5.74, 6) is -0.994. The molecule has 0 aromatic carbocycles. The van der Waals surface area contributed by atoms with Crippen LogP contribution in [-0.2, 0) is 28.1 Å². The molecule has 4 N–H and O–H groups in total. The lowest BCUT2D eigenvalue weighted by Crippen LogP contribution is -2.52. The number of carbonyl (C=O) groups is 1. The number of pyridine rings is 1. The minimum Gasteiger partial charge on any atom is -0.460 e. The van der Waals surface area contributed by atoms with Crippen LogP contribution in [0.3, 0.4) is 0 Å². The fourth-order valence-electron chi connectivity index (χ4n) is 4.18. The predicted molar refractivity (Wildman–Crippen MR) is 86.0 cm³/mol. The zero-order valence-electron chi connectivity index (χ0n) is 14.0. The normalized spacial score (nSPS) is 27.4. The Kier molecular flexibility index (Phi) is 4.72. The molecule has 0 saturated heterocycles. The van der Waals surface area contributed by atoms with Crippen LogP contribution >= 0.6 is 0 Å². The molecule has 0 bridgehead atoms. The first-order valence-electron chi connectivity index (χ1n) is 8.43. The first-order chi connectivity index (χ1) is 11.9. The maximum atomic E-state index is 12.9. The van der Waals surface area contributed by atoms with Gasteiger partial charge in [-0.1, -0.05) is 6.92 Å². The van der Waals surface area contributed by atoms with Crippen molar-refractivity contribution in [3.8, 4) is 0 Å². The molecule has 0 amide bonds. The lowest BCUT2D eigenvalue weighted by Gasteiger charge is -2.38. The van der Waals surface area contributed by atoms with E-state index in [1.54, 1.807) is 6.07 Å². The number of aliphatic hydroxyl groups is 4. The summed E-state index contributed by atoms with van der Waals surface area (Å²) in [5.41, 5.74) is -0.403. The van der Waals surface area contributed by atoms with E-state index in [1.807, 2.05) is 6.92 Å². The van der Waals surface area contributed by atoms with Crippen molar-refractivity contribution < 1.29 is 30.0 Å².